The SMILES string of the molecule is COC(=O)CCCCCNc1ncc(Cl)cc1[N+](=O)[O-]. The van der Waals surface area contributed by atoms with Gasteiger partial charge in [-0.25, -0.2) is 4.98 Å². The number of hydrogen-bond donors (Lipinski definition) is 1. The second-order valence-electron chi connectivity index (χ2n) is 4.09. The average molecular weight is 302 g/mol. The van der Waals surface area contributed by atoms with Crippen LogP contribution in [0.5, 0.6) is 0 Å². The summed E-state index contributed by atoms with van der Waals surface area (Å²) in [5.41, 5.74) is -0.146. The second kappa shape index (κ2) is 8.31. The van der Waals surface area contributed by atoms with E-state index in [1.807, 2.05) is 0 Å². The van der Waals surface area contributed by atoms with Gasteiger partial charge in [0.1, 0.15) is 0 Å². The van der Waals surface area contributed by atoms with Gasteiger partial charge in [0.2, 0.25) is 5.82 Å². The van der Waals surface area contributed by atoms with Gasteiger partial charge in [0.15, 0.2) is 0 Å². The van der Waals surface area contributed by atoms with Crippen LogP contribution in [0.4, 0.5) is 11.5 Å². The lowest BCUT2D eigenvalue weighted by Crippen LogP contribution is -2.06. The molecule has 0 atom stereocenters. The first-order valence-electron chi connectivity index (χ1n) is 6.15. The maximum Gasteiger partial charge on any atom is 0.312 e. The van der Waals surface area contributed by atoms with Crippen molar-refractivity contribution in [2.45, 2.75) is 25.7 Å². The van der Waals surface area contributed by atoms with Crippen molar-refractivity contribution in [1.82, 2.24) is 4.98 Å². The Morgan fingerprint density at radius 1 is 1.50 bits per heavy atom. The Balaban J connectivity index is 2.35. The van der Waals surface area contributed by atoms with Gasteiger partial charge in [0.05, 0.1) is 17.1 Å². The minimum atomic E-state index is -0.529. The number of methoxy groups -OCH3 is 1. The Morgan fingerprint density at radius 3 is 2.90 bits per heavy atom. The monoisotopic (exact) mass is 301 g/mol. The quantitative estimate of drug-likeness (QED) is 0.343. The molecule has 0 aliphatic rings. The normalized spacial score (nSPS) is 10.1. The van der Waals surface area contributed by atoms with E-state index in [1.54, 1.807) is 0 Å². The number of ether oxygens (including phenoxy) is 1. The molecular formula is C12H16ClN3O4. The molecule has 20 heavy (non-hydrogen) atoms. The molecule has 110 valence electrons. The summed E-state index contributed by atoms with van der Waals surface area (Å²) >= 11 is 5.67. The Kier molecular flexibility index (Phi) is 6.72. The molecule has 0 unspecified atom stereocenters. The lowest BCUT2D eigenvalue weighted by atomic mass is 10.2. The number of aromatic nitrogens is 1. The predicted octanol–water partition coefficient (Wildman–Crippen LogP) is 2.79. The van der Waals surface area contributed by atoms with Gasteiger partial charge in [0.25, 0.3) is 0 Å². The molecule has 0 spiro atoms. The first-order valence-corrected chi connectivity index (χ1v) is 6.53. The summed E-state index contributed by atoms with van der Waals surface area (Å²) in [6.45, 7) is 0.538. The third-order valence-corrected chi connectivity index (χ3v) is 2.82. The van der Waals surface area contributed by atoms with Crippen LogP contribution in [-0.4, -0.2) is 29.5 Å². The smallest absolute Gasteiger partial charge is 0.312 e. The summed E-state index contributed by atoms with van der Waals surface area (Å²) < 4.78 is 4.53. The Morgan fingerprint density at radius 2 is 2.25 bits per heavy atom. The number of anilines is 1. The van der Waals surface area contributed by atoms with Crippen molar-refractivity contribution in [1.29, 1.82) is 0 Å². The minimum absolute atomic E-state index is 0.146. The molecule has 0 aliphatic carbocycles. The number of pyridine rings is 1. The fourth-order valence-electron chi connectivity index (χ4n) is 1.58. The van der Waals surface area contributed by atoms with E-state index in [0.717, 1.165) is 19.3 Å². The number of rotatable bonds is 8. The summed E-state index contributed by atoms with van der Waals surface area (Å²) in [6, 6.07) is 1.26. The van der Waals surface area contributed by atoms with E-state index < -0.39 is 4.92 Å². The van der Waals surface area contributed by atoms with E-state index in [-0.39, 0.29) is 22.5 Å². The zero-order valence-corrected chi connectivity index (χ0v) is 11.9. The number of hydrogen-bond acceptors (Lipinski definition) is 6. The number of esters is 1. The van der Waals surface area contributed by atoms with Crippen LogP contribution < -0.4 is 5.32 Å². The van der Waals surface area contributed by atoms with Gasteiger partial charge in [-0.1, -0.05) is 18.0 Å². The molecule has 0 radical (unpaired) electrons. The summed E-state index contributed by atoms with van der Waals surface area (Å²) in [7, 11) is 1.36. The lowest BCUT2D eigenvalue weighted by Gasteiger charge is -2.06. The van der Waals surface area contributed by atoms with Gasteiger partial charge in [0, 0.05) is 25.2 Å². The van der Waals surface area contributed by atoms with Gasteiger partial charge >= 0.3 is 11.7 Å². The molecule has 7 nitrogen and oxygen atoms in total. The van der Waals surface area contributed by atoms with Crippen molar-refractivity contribution in [3.8, 4) is 0 Å². The molecule has 0 bridgehead atoms. The molecule has 1 aromatic rings. The number of nitrogens with one attached hydrogen (secondary N) is 1. The van der Waals surface area contributed by atoms with Crippen LogP contribution in [0.2, 0.25) is 5.02 Å². The Labute approximate surface area is 121 Å². The highest BCUT2D eigenvalue weighted by molar-refractivity contribution is 6.30. The number of nitro groups is 1. The summed E-state index contributed by atoms with van der Waals surface area (Å²) in [4.78, 5) is 25.1. The van der Waals surface area contributed by atoms with Crippen molar-refractivity contribution in [3.05, 3.63) is 27.4 Å². The van der Waals surface area contributed by atoms with Gasteiger partial charge in [-0.2, -0.15) is 0 Å². The molecule has 8 heteroatoms. The molecule has 0 aromatic carbocycles. The highest BCUT2D eigenvalue weighted by atomic mass is 35.5. The summed E-state index contributed by atoms with van der Waals surface area (Å²) in [5.74, 6) is -0.0275. The molecule has 0 saturated heterocycles. The zero-order chi connectivity index (χ0) is 15.0. The summed E-state index contributed by atoms with van der Waals surface area (Å²) in [5, 5.41) is 14.0. The van der Waals surface area contributed by atoms with Crippen molar-refractivity contribution in [3.63, 3.8) is 0 Å². The van der Waals surface area contributed by atoms with Crippen LogP contribution in [-0.2, 0) is 9.53 Å². The molecule has 0 amide bonds. The predicted molar refractivity (Wildman–Crippen MR) is 74.9 cm³/mol. The second-order valence-corrected chi connectivity index (χ2v) is 4.53. The van der Waals surface area contributed by atoms with Gasteiger partial charge in [-0.3, -0.25) is 14.9 Å². The first-order chi connectivity index (χ1) is 9.54. The van der Waals surface area contributed by atoms with Crippen LogP contribution in [0.15, 0.2) is 12.3 Å². The molecule has 1 heterocycles. The van der Waals surface area contributed by atoms with E-state index in [0.29, 0.717) is 13.0 Å². The molecule has 0 fully saturated rings. The third-order valence-electron chi connectivity index (χ3n) is 2.61. The van der Waals surface area contributed by atoms with Crippen LogP contribution in [0.1, 0.15) is 25.7 Å². The maximum absolute atomic E-state index is 10.9. The van der Waals surface area contributed by atoms with Crippen LogP contribution in [0.25, 0.3) is 0 Å². The molecule has 0 saturated carbocycles. The van der Waals surface area contributed by atoms with E-state index in [9.17, 15) is 14.9 Å². The molecule has 1 N–H and O–H groups in total. The van der Waals surface area contributed by atoms with Crippen LogP contribution in [0, 0.1) is 10.1 Å². The number of carbonyl (C=O) groups excluding carboxylic acids is 1. The Hall–Kier alpha value is -1.89. The maximum atomic E-state index is 10.9. The average Bonchev–Trinajstić information content (AvgIpc) is 2.43. The van der Waals surface area contributed by atoms with Crippen molar-refractivity contribution in [2.24, 2.45) is 0 Å². The van der Waals surface area contributed by atoms with Crippen molar-refractivity contribution < 1.29 is 14.5 Å². The lowest BCUT2D eigenvalue weighted by molar-refractivity contribution is -0.384. The first kappa shape index (κ1) is 16.2. The standard InChI is InChI=1S/C12H16ClN3O4/c1-20-11(17)5-3-2-4-6-14-12-10(16(18)19)7-9(13)8-15-12/h7-8H,2-6H2,1H3,(H,14,15). The summed E-state index contributed by atoms with van der Waals surface area (Å²) in [6.07, 6.45) is 4.07. The van der Waals surface area contributed by atoms with E-state index in [2.05, 4.69) is 15.0 Å². The minimum Gasteiger partial charge on any atom is -0.469 e. The molecule has 1 rings (SSSR count). The molecular weight excluding hydrogens is 286 g/mol. The van der Waals surface area contributed by atoms with E-state index in [1.165, 1.54) is 19.4 Å². The van der Waals surface area contributed by atoms with E-state index in [4.69, 9.17) is 11.6 Å². The number of halogens is 1. The highest BCUT2D eigenvalue weighted by Crippen LogP contribution is 2.24. The zero-order valence-electron chi connectivity index (χ0n) is 11.1. The number of nitrogens with zero attached hydrogens (tertiary/aromatic N) is 2. The Bertz CT molecular complexity index is 482. The van der Waals surface area contributed by atoms with E-state index >= 15 is 0 Å². The molecule has 0 aliphatic heterocycles. The van der Waals surface area contributed by atoms with Crippen LogP contribution >= 0.6 is 11.6 Å². The fraction of sp³-hybridized carbons (Fsp3) is 0.500. The van der Waals surface area contributed by atoms with Gasteiger partial charge < -0.3 is 10.1 Å². The fourth-order valence-corrected chi connectivity index (χ4v) is 1.74. The van der Waals surface area contributed by atoms with Gasteiger partial charge in [-0.05, 0) is 12.8 Å². The third kappa shape index (κ3) is 5.40. The largest absolute Gasteiger partial charge is 0.469 e. The number of carbonyl (C=O) groups is 1. The molecule has 1 aromatic heterocycles. The number of unbranched alkanes of at least 4 members (excludes halogenated alkanes) is 2. The van der Waals surface area contributed by atoms with Crippen molar-refractivity contribution in [2.75, 3.05) is 19.0 Å². The topological polar surface area (TPSA) is 94.4 Å². The van der Waals surface area contributed by atoms with Crippen LogP contribution in [0.3, 0.4) is 0 Å². The van der Waals surface area contributed by atoms with Gasteiger partial charge in [-0.15, -0.1) is 0 Å². The van der Waals surface area contributed by atoms with Crippen molar-refractivity contribution >= 4 is 29.1 Å². The highest BCUT2D eigenvalue weighted by Gasteiger charge is 2.15.